The average Bonchev–Trinajstić information content (AvgIpc) is 3.19. The molecule has 2 heterocycles. The van der Waals surface area contributed by atoms with Gasteiger partial charge in [-0.2, -0.15) is 0 Å². The molecule has 0 unspecified atom stereocenters. The molecule has 2 amide bonds. The van der Waals surface area contributed by atoms with Crippen molar-refractivity contribution >= 4 is 45.3 Å². The molecular weight excluding hydrogens is 403 g/mol. The minimum absolute atomic E-state index is 0.0972. The fourth-order valence-electron chi connectivity index (χ4n) is 2.53. The van der Waals surface area contributed by atoms with Gasteiger partial charge in [0.1, 0.15) is 5.82 Å². The Kier molecular flexibility index (Phi) is 6.00. The maximum atomic E-state index is 14.3. The number of nitrogens with one attached hydrogen (secondary N) is 2. The number of nitrogens with zero attached hydrogens (tertiary/aromatic N) is 2. The van der Waals surface area contributed by atoms with Crippen LogP contribution >= 0.6 is 22.7 Å². The molecule has 1 aromatic carbocycles. The Labute approximate surface area is 167 Å². The quantitative estimate of drug-likeness (QED) is 0.639. The second kappa shape index (κ2) is 8.44. The van der Waals surface area contributed by atoms with Gasteiger partial charge in [0.25, 0.3) is 0 Å². The second-order valence-electron chi connectivity index (χ2n) is 6.01. The first-order valence-electron chi connectivity index (χ1n) is 8.31. The molecule has 0 atom stereocenters. The number of anilines is 2. The van der Waals surface area contributed by atoms with E-state index in [0.717, 1.165) is 17.0 Å². The van der Waals surface area contributed by atoms with E-state index in [-0.39, 0.29) is 35.2 Å². The van der Waals surface area contributed by atoms with E-state index in [1.807, 2.05) is 6.92 Å². The van der Waals surface area contributed by atoms with Crippen LogP contribution in [-0.2, 0) is 16.1 Å². The summed E-state index contributed by atoms with van der Waals surface area (Å²) < 4.78 is 15.9. The monoisotopic (exact) mass is 420 g/mol. The molecule has 0 aliphatic carbocycles. The first-order valence-corrected chi connectivity index (χ1v) is 10.1. The van der Waals surface area contributed by atoms with Gasteiger partial charge in [0.2, 0.25) is 11.8 Å². The van der Waals surface area contributed by atoms with E-state index < -0.39 is 5.82 Å². The highest BCUT2D eigenvalue weighted by Gasteiger charge is 2.13. The second-order valence-corrected chi connectivity index (χ2v) is 7.69. The molecule has 0 aliphatic heterocycles. The summed E-state index contributed by atoms with van der Waals surface area (Å²) in [6, 6.07) is 4.32. The van der Waals surface area contributed by atoms with Crippen molar-refractivity contribution in [2.45, 2.75) is 26.8 Å². The van der Waals surface area contributed by atoms with Crippen molar-refractivity contribution in [3.8, 4) is 11.3 Å². The molecule has 10 heteroatoms. The third kappa shape index (κ3) is 4.70. The number of thiazole rings is 2. The number of rotatable bonds is 6. The average molecular weight is 420 g/mol. The van der Waals surface area contributed by atoms with E-state index in [1.54, 1.807) is 21.4 Å². The fourth-order valence-corrected chi connectivity index (χ4v) is 4.02. The first-order chi connectivity index (χ1) is 13.3. The number of aromatic nitrogens is 2. The van der Waals surface area contributed by atoms with Crippen LogP contribution in [0.2, 0.25) is 0 Å². The van der Waals surface area contributed by atoms with Crippen LogP contribution in [0, 0.1) is 12.7 Å². The Morgan fingerprint density at radius 1 is 1.21 bits per heavy atom. The summed E-state index contributed by atoms with van der Waals surface area (Å²) in [7, 11) is 0. The summed E-state index contributed by atoms with van der Waals surface area (Å²) in [6.45, 7) is 3.45. The molecule has 0 aliphatic rings. The van der Waals surface area contributed by atoms with E-state index in [1.165, 1.54) is 30.4 Å². The van der Waals surface area contributed by atoms with Crippen LogP contribution in [0.25, 0.3) is 11.3 Å². The third-order valence-electron chi connectivity index (χ3n) is 3.85. The number of carbonyl (C=O) groups excluding carboxylic acids is 2. The normalized spacial score (nSPS) is 10.7. The van der Waals surface area contributed by atoms with Gasteiger partial charge >= 0.3 is 4.87 Å². The van der Waals surface area contributed by atoms with Crippen molar-refractivity contribution in [3.63, 3.8) is 0 Å². The van der Waals surface area contributed by atoms with Crippen LogP contribution in [0.5, 0.6) is 0 Å². The van der Waals surface area contributed by atoms with Gasteiger partial charge in [-0.3, -0.25) is 14.4 Å². The smallest absolute Gasteiger partial charge is 0.307 e. The van der Waals surface area contributed by atoms with Crippen LogP contribution in [0.1, 0.15) is 19.0 Å². The predicted molar refractivity (Wildman–Crippen MR) is 108 cm³/mol. The molecule has 0 bridgehead atoms. The summed E-state index contributed by atoms with van der Waals surface area (Å²) in [5.74, 6) is -1.09. The first kappa shape index (κ1) is 19.9. The van der Waals surface area contributed by atoms with Gasteiger partial charge in [0.05, 0.1) is 5.69 Å². The van der Waals surface area contributed by atoms with Gasteiger partial charge in [0.15, 0.2) is 5.13 Å². The number of halogens is 1. The highest BCUT2D eigenvalue weighted by molar-refractivity contribution is 7.14. The zero-order valence-electron chi connectivity index (χ0n) is 15.1. The maximum Gasteiger partial charge on any atom is 0.307 e. The van der Waals surface area contributed by atoms with E-state index in [9.17, 15) is 18.8 Å². The lowest BCUT2D eigenvalue weighted by atomic mass is 10.1. The molecule has 2 aromatic heterocycles. The molecule has 2 N–H and O–H groups in total. The largest absolute Gasteiger partial charge is 0.326 e. The highest BCUT2D eigenvalue weighted by atomic mass is 32.1. The van der Waals surface area contributed by atoms with Crippen molar-refractivity contribution in [2.24, 2.45) is 0 Å². The van der Waals surface area contributed by atoms with Crippen molar-refractivity contribution in [1.82, 2.24) is 9.55 Å². The number of benzene rings is 1. The van der Waals surface area contributed by atoms with Crippen LogP contribution in [0.15, 0.2) is 33.8 Å². The van der Waals surface area contributed by atoms with Gasteiger partial charge < -0.3 is 15.2 Å². The number of amides is 2. The van der Waals surface area contributed by atoms with Crippen LogP contribution < -0.4 is 15.5 Å². The molecule has 7 nitrogen and oxygen atoms in total. The lowest BCUT2D eigenvalue weighted by Crippen LogP contribution is -2.20. The topological polar surface area (TPSA) is 93.1 Å². The lowest BCUT2D eigenvalue weighted by Gasteiger charge is -2.05. The summed E-state index contributed by atoms with van der Waals surface area (Å²) >= 11 is 2.28. The number of hydrogen-bond acceptors (Lipinski definition) is 6. The predicted octanol–water partition coefficient (Wildman–Crippen LogP) is 3.47. The SMILES string of the molecule is CC(=O)Nc1ccc(-c2csc(NC(=O)CCn3c(C)csc3=O)n2)c(F)c1. The number of hydrogen-bond donors (Lipinski definition) is 2. The molecule has 28 heavy (non-hydrogen) atoms. The molecule has 0 saturated heterocycles. The van der Waals surface area contributed by atoms with E-state index >= 15 is 0 Å². The molecule has 0 radical (unpaired) electrons. The molecule has 0 fully saturated rings. The molecule has 0 saturated carbocycles. The Bertz CT molecular complexity index is 1090. The van der Waals surface area contributed by atoms with Crippen molar-refractivity contribution < 1.29 is 14.0 Å². The van der Waals surface area contributed by atoms with E-state index in [2.05, 4.69) is 15.6 Å². The minimum atomic E-state index is -0.526. The summed E-state index contributed by atoms with van der Waals surface area (Å²) in [5, 5.41) is 8.91. The number of carbonyl (C=O) groups is 2. The van der Waals surface area contributed by atoms with Crippen LogP contribution in [0.4, 0.5) is 15.2 Å². The van der Waals surface area contributed by atoms with Gasteiger partial charge in [-0.15, -0.1) is 11.3 Å². The standard InChI is InChI=1S/C18H17FN4O3S2/c1-10-8-28-18(26)23(10)6-5-16(25)22-17-21-15(9-27-17)13-4-3-12(7-14(13)19)20-11(2)24/h3-4,7-9H,5-6H2,1-2H3,(H,20,24)(H,21,22,25). The van der Waals surface area contributed by atoms with Crippen LogP contribution in [-0.4, -0.2) is 21.4 Å². The number of aryl methyl sites for hydroxylation is 1. The van der Waals surface area contributed by atoms with E-state index in [0.29, 0.717) is 16.5 Å². The summed E-state index contributed by atoms with van der Waals surface area (Å²) in [4.78, 5) is 39.0. The lowest BCUT2D eigenvalue weighted by molar-refractivity contribution is -0.116. The molecular formula is C18H17FN4O3S2. The molecule has 3 rings (SSSR count). The maximum absolute atomic E-state index is 14.3. The zero-order valence-corrected chi connectivity index (χ0v) is 16.7. The Hall–Kier alpha value is -2.85. The van der Waals surface area contributed by atoms with Crippen LogP contribution in [0.3, 0.4) is 0 Å². The van der Waals surface area contributed by atoms with Crippen molar-refractivity contribution in [2.75, 3.05) is 10.6 Å². The molecule has 146 valence electrons. The van der Waals surface area contributed by atoms with Gasteiger partial charge in [-0.05, 0) is 25.1 Å². The third-order valence-corrected chi connectivity index (χ3v) is 5.49. The van der Waals surface area contributed by atoms with Crippen molar-refractivity contribution in [1.29, 1.82) is 0 Å². The van der Waals surface area contributed by atoms with E-state index in [4.69, 9.17) is 0 Å². The summed E-state index contributed by atoms with van der Waals surface area (Å²) in [5.41, 5.74) is 1.83. The highest BCUT2D eigenvalue weighted by Crippen LogP contribution is 2.28. The van der Waals surface area contributed by atoms with Crippen molar-refractivity contribution in [3.05, 3.63) is 50.1 Å². The minimum Gasteiger partial charge on any atom is -0.326 e. The summed E-state index contributed by atoms with van der Waals surface area (Å²) in [6.07, 6.45) is 0.131. The Morgan fingerprint density at radius 2 is 2.00 bits per heavy atom. The Balaban J connectivity index is 1.64. The molecule has 0 spiro atoms. The Morgan fingerprint density at radius 3 is 2.64 bits per heavy atom. The fraction of sp³-hybridized carbons (Fsp3) is 0.222. The zero-order chi connectivity index (χ0) is 20.3. The van der Waals surface area contributed by atoms with Gasteiger partial charge in [-0.1, -0.05) is 11.3 Å². The van der Waals surface area contributed by atoms with Gasteiger partial charge in [0, 0.05) is 47.6 Å². The molecule has 3 aromatic rings. The van der Waals surface area contributed by atoms with Gasteiger partial charge in [-0.25, -0.2) is 9.37 Å².